The van der Waals surface area contributed by atoms with Crippen molar-refractivity contribution in [3.05, 3.63) is 36.0 Å². The van der Waals surface area contributed by atoms with Crippen molar-refractivity contribution < 1.29 is 0 Å². The summed E-state index contributed by atoms with van der Waals surface area (Å²) in [6, 6.07) is 1.79. The molecule has 0 amide bonds. The van der Waals surface area contributed by atoms with Crippen LogP contribution in [0.15, 0.2) is 36.0 Å². The molecule has 12 heavy (non-hydrogen) atoms. The van der Waals surface area contributed by atoms with Crippen LogP contribution in [0.25, 0.3) is 0 Å². The predicted octanol–water partition coefficient (Wildman–Crippen LogP) is 2.20. The fraction of sp³-hybridized carbons (Fsp3) is 0.182. The van der Waals surface area contributed by atoms with E-state index >= 15 is 0 Å². The van der Waals surface area contributed by atoms with E-state index in [0.29, 0.717) is 5.92 Å². The van der Waals surface area contributed by atoms with Gasteiger partial charge in [0.2, 0.25) is 0 Å². The third-order valence-electron chi connectivity index (χ3n) is 1.53. The second-order valence-corrected chi connectivity index (χ2v) is 2.59. The zero-order chi connectivity index (χ0) is 8.81. The van der Waals surface area contributed by atoms with E-state index in [9.17, 15) is 0 Å². The van der Waals surface area contributed by atoms with E-state index in [1.165, 1.54) is 0 Å². The summed E-state index contributed by atoms with van der Waals surface area (Å²) >= 11 is 0. The molecule has 1 aliphatic rings. The van der Waals surface area contributed by atoms with Gasteiger partial charge in [-0.3, -0.25) is 0 Å². The summed E-state index contributed by atoms with van der Waals surface area (Å²) in [4.78, 5) is 0. The van der Waals surface area contributed by atoms with Crippen molar-refractivity contribution in [1.82, 2.24) is 0 Å². The molecule has 0 aromatic carbocycles. The lowest BCUT2D eigenvalue weighted by molar-refractivity contribution is 0.942. The standard InChI is InChI=1S/C11H9N/c1-10-4-2-5-11(8-7-10)6-3-9-12/h2,4-5,7-8,10H,1H3. The summed E-state index contributed by atoms with van der Waals surface area (Å²) < 4.78 is 0. The first-order valence-corrected chi connectivity index (χ1v) is 3.79. The molecule has 0 spiro atoms. The average Bonchev–Trinajstić information content (AvgIpc) is 2.27. The Kier molecular flexibility index (Phi) is 2.94. The lowest BCUT2D eigenvalue weighted by Gasteiger charge is -1.91. The van der Waals surface area contributed by atoms with Gasteiger partial charge in [-0.1, -0.05) is 31.1 Å². The minimum atomic E-state index is 0.447. The van der Waals surface area contributed by atoms with Crippen LogP contribution in [0.1, 0.15) is 6.92 Å². The van der Waals surface area contributed by atoms with Gasteiger partial charge in [0.15, 0.2) is 6.07 Å². The number of rotatable bonds is 0. The highest BCUT2D eigenvalue weighted by Crippen LogP contribution is 2.08. The van der Waals surface area contributed by atoms with Crippen molar-refractivity contribution in [2.75, 3.05) is 0 Å². The second-order valence-electron chi connectivity index (χ2n) is 2.59. The van der Waals surface area contributed by atoms with Gasteiger partial charge in [0, 0.05) is 11.5 Å². The number of hydrogen-bond donors (Lipinski definition) is 0. The first kappa shape index (κ1) is 8.37. The highest BCUT2D eigenvalue weighted by molar-refractivity contribution is 5.44. The second kappa shape index (κ2) is 4.21. The molecule has 0 fully saturated rings. The quantitative estimate of drug-likeness (QED) is 0.492. The van der Waals surface area contributed by atoms with Crippen LogP contribution in [-0.2, 0) is 0 Å². The normalized spacial score (nSPS) is 20.0. The maximum absolute atomic E-state index is 8.23. The van der Waals surface area contributed by atoms with Crippen molar-refractivity contribution in [3.63, 3.8) is 0 Å². The summed E-state index contributed by atoms with van der Waals surface area (Å²) in [7, 11) is 0. The van der Waals surface area contributed by atoms with E-state index in [1.54, 1.807) is 6.07 Å². The number of nitrogens with zero attached hydrogens (tertiary/aromatic N) is 1. The number of allylic oxidation sites excluding steroid dienone is 6. The molecule has 0 bridgehead atoms. The number of hydrogen-bond acceptors (Lipinski definition) is 1. The molecule has 1 nitrogen and oxygen atoms in total. The largest absolute Gasteiger partial charge is 0.183 e. The molecule has 58 valence electrons. The maximum atomic E-state index is 8.23. The van der Waals surface area contributed by atoms with Crippen LogP contribution >= 0.6 is 0 Å². The Balaban J connectivity index is 2.82. The Morgan fingerprint density at radius 1 is 1.42 bits per heavy atom. The summed E-state index contributed by atoms with van der Waals surface area (Å²) in [5.41, 5.74) is 0.886. The molecular formula is C11H9N. The fourth-order valence-corrected chi connectivity index (χ4v) is 0.893. The molecule has 0 aromatic heterocycles. The van der Waals surface area contributed by atoms with Crippen molar-refractivity contribution in [2.45, 2.75) is 6.92 Å². The summed E-state index contributed by atoms with van der Waals surface area (Å²) in [5, 5.41) is 8.23. The van der Waals surface area contributed by atoms with E-state index in [2.05, 4.69) is 30.9 Å². The lowest BCUT2D eigenvalue weighted by atomic mass is 10.1. The first-order chi connectivity index (χ1) is 5.83. The fourth-order valence-electron chi connectivity index (χ4n) is 0.893. The molecule has 0 aliphatic heterocycles. The van der Waals surface area contributed by atoms with Crippen LogP contribution in [0.2, 0.25) is 0 Å². The third kappa shape index (κ3) is 2.48. The minimum Gasteiger partial charge on any atom is -0.183 e. The molecule has 1 heteroatoms. The van der Waals surface area contributed by atoms with E-state index in [4.69, 9.17) is 5.26 Å². The Labute approximate surface area is 72.7 Å². The van der Waals surface area contributed by atoms with Gasteiger partial charge in [-0.2, -0.15) is 5.26 Å². The minimum absolute atomic E-state index is 0.447. The Morgan fingerprint density at radius 3 is 3.00 bits per heavy atom. The van der Waals surface area contributed by atoms with Crippen LogP contribution in [0.5, 0.6) is 0 Å². The molecule has 0 aromatic rings. The SMILES string of the molecule is CC1C=CC=C(C#CC#N)C=C1. The average molecular weight is 155 g/mol. The Hall–Kier alpha value is -1.73. The van der Waals surface area contributed by atoms with Crippen molar-refractivity contribution >= 4 is 0 Å². The molecule has 0 N–H and O–H groups in total. The Morgan fingerprint density at radius 2 is 2.25 bits per heavy atom. The third-order valence-corrected chi connectivity index (χ3v) is 1.53. The van der Waals surface area contributed by atoms with Gasteiger partial charge in [-0.15, -0.1) is 0 Å². The van der Waals surface area contributed by atoms with Crippen LogP contribution in [0.3, 0.4) is 0 Å². The van der Waals surface area contributed by atoms with Crippen LogP contribution in [-0.4, -0.2) is 0 Å². The predicted molar refractivity (Wildman–Crippen MR) is 48.9 cm³/mol. The summed E-state index contributed by atoms with van der Waals surface area (Å²) in [6.45, 7) is 2.10. The van der Waals surface area contributed by atoms with Gasteiger partial charge >= 0.3 is 0 Å². The first-order valence-electron chi connectivity index (χ1n) is 3.79. The van der Waals surface area contributed by atoms with E-state index in [0.717, 1.165) is 5.57 Å². The number of nitriles is 1. The zero-order valence-electron chi connectivity index (χ0n) is 6.91. The molecular weight excluding hydrogens is 146 g/mol. The zero-order valence-corrected chi connectivity index (χ0v) is 6.91. The molecule has 1 atom stereocenters. The van der Waals surface area contributed by atoms with Gasteiger partial charge in [-0.05, 0) is 18.1 Å². The smallest absolute Gasteiger partial charge is 0.152 e. The lowest BCUT2D eigenvalue weighted by Crippen LogP contribution is -1.78. The Bertz CT molecular complexity index is 339. The van der Waals surface area contributed by atoms with Gasteiger partial charge < -0.3 is 0 Å². The van der Waals surface area contributed by atoms with E-state index in [-0.39, 0.29) is 0 Å². The van der Waals surface area contributed by atoms with Crippen molar-refractivity contribution in [2.24, 2.45) is 5.92 Å². The van der Waals surface area contributed by atoms with Crippen LogP contribution in [0.4, 0.5) is 0 Å². The van der Waals surface area contributed by atoms with Crippen LogP contribution < -0.4 is 0 Å². The summed E-state index contributed by atoms with van der Waals surface area (Å²) in [5.74, 6) is 5.55. The maximum Gasteiger partial charge on any atom is 0.152 e. The molecule has 0 radical (unpaired) electrons. The van der Waals surface area contributed by atoms with E-state index < -0.39 is 0 Å². The monoisotopic (exact) mass is 155 g/mol. The molecule has 1 unspecified atom stereocenters. The van der Waals surface area contributed by atoms with Gasteiger partial charge in [0.05, 0.1) is 0 Å². The van der Waals surface area contributed by atoms with E-state index in [1.807, 2.05) is 18.2 Å². The topological polar surface area (TPSA) is 23.8 Å². The van der Waals surface area contributed by atoms with Crippen molar-refractivity contribution in [1.29, 1.82) is 5.26 Å². The highest BCUT2D eigenvalue weighted by Gasteiger charge is 1.93. The van der Waals surface area contributed by atoms with Gasteiger partial charge in [-0.25, -0.2) is 0 Å². The van der Waals surface area contributed by atoms with Gasteiger partial charge in [0.25, 0.3) is 0 Å². The van der Waals surface area contributed by atoms with Crippen LogP contribution in [0, 0.1) is 29.1 Å². The molecule has 1 aliphatic carbocycles. The molecule has 1 rings (SSSR count). The molecule has 0 heterocycles. The highest BCUT2D eigenvalue weighted by atomic mass is 14.2. The summed E-state index contributed by atoms with van der Waals surface area (Å²) in [6.07, 6.45) is 9.95. The molecule has 0 saturated heterocycles. The van der Waals surface area contributed by atoms with Gasteiger partial charge in [0.1, 0.15) is 0 Å². The molecule has 0 saturated carbocycles. The van der Waals surface area contributed by atoms with Crippen molar-refractivity contribution in [3.8, 4) is 17.9 Å².